The lowest BCUT2D eigenvalue weighted by Gasteiger charge is -2.31. The van der Waals surface area contributed by atoms with Gasteiger partial charge in [-0.15, -0.1) is 0 Å². The SMILES string of the molecule is CCOC(=O)C1=CN(Cc2ccc(OC)cc2)C=C(C(=O)OCC)C1c1ccccc1Br. The number of ether oxygens (including phenoxy) is 3. The van der Waals surface area contributed by atoms with Crippen molar-refractivity contribution < 1.29 is 23.8 Å². The Labute approximate surface area is 196 Å². The third-order valence-electron chi connectivity index (χ3n) is 4.99. The second-order valence-corrected chi connectivity index (χ2v) is 7.94. The minimum atomic E-state index is -0.615. The van der Waals surface area contributed by atoms with Crippen LogP contribution in [0.15, 0.2) is 76.5 Å². The van der Waals surface area contributed by atoms with Gasteiger partial charge >= 0.3 is 11.9 Å². The molecular formula is C25H26BrNO5. The van der Waals surface area contributed by atoms with E-state index in [1.54, 1.807) is 33.4 Å². The molecule has 0 aliphatic carbocycles. The van der Waals surface area contributed by atoms with Crippen molar-refractivity contribution in [2.45, 2.75) is 26.3 Å². The van der Waals surface area contributed by atoms with Crippen LogP contribution < -0.4 is 4.74 Å². The van der Waals surface area contributed by atoms with Crippen LogP contribution in [0.2, 0.25) is 0 Å². The first kappa shape index (κ1) is 23.6. The average Bonchev–Trinajstić information content (AvgIpc) is 2.80. The van der Waals surface area contributed by atoms with Crippen LogP contribution in [0.5, 0.6) is 5.75 Å². The van der Waals surface area contributed by atoms with Crippen molar-refractivity contribution in [1.29, 1.82) is 0 Å². The molecule has 0 bridgehead atoms. The number of nitrogens with zero attached hydrogens (tertiary/aromatic N) is 1. The maximum Gasteiger partial charge on any atom is 0.336 e. The average molecular weight is 500 g/mol. The molecule has 0 aromatic heterocycles. The number of benzene rings is 2. The molecule has 0 amide bonds. The van der Waals surface area contributed by atoms with E-state index in [4.69, 9.17) is 14.2 Å². The Balaban J connectivity index is 2.07. The van der Waals surface area contributed by atoms with E-state index in [0.717, 1.165) is 21.3 Å². The molecule has 0 saturated heterocycles. The highest BCUT2D eigenvalue weighted by Crippen LogP contribution is 2.40. The van der Waals surface area contributed by atoms with E-state index in [2.05, 4.69) is 15.9 Å². The molecule has 7 heteroatoms. The van der Waals surface area contributed by atoms with Crippen LogP contribution in [0.25, 0.3) is 0 Å². The standard InChI is InChI=1S/C25H26BrNO5/c1-4-31-24(28)20-15-27(14-17-10-12-18(30-3)13-11-17)16-21(25(29)32-5-2)23(20)19-8-6-7-9-22(19)26/h6-13,15-16,23H,4-5,14H2,1-3H3. The van der Waals surface area contributed by atoms with Gasteiger partial charge in [-0.2, -0.15) is 0 Å². The third kappa shape index (κ3) is 5.40. The summed E-state index contributed by atoms with van der Waals surface area (Å²) in [7, 11) is 1.62. The molecule has 0 radical (unpaired) electrons. The lowest BCUT2D eigenvalue weighted by molar-refractivity contribution is -0.139. The maximum absolute atomic E-state index is 13.0. The number of carbonyl (C=O) groups is 2. The van der Waals surface area contributed by atoms with E-state index in [-0.39, 0.29) is 13.2 Å². The van der Waals surface area contributed by atoms with Crippen molar-refractivity contribution in [3.05, 3.63) is 87.7 Å². The Morgan fingerprint density at radius 1 is 0.906 bits per heavy atom. The van der Waals surface area contributed by atoms with Gasteiger partial charge in [0.2, 0.25) is 0 Å². The summed E-state index contributed by atoms with van der Waals surface area (Å²) in [5.41, 5.74) is 2.52. The number of hydrogen-bond donors (Lipinski definition) is 0. The van der Waals surface area contributed by atoms with Gasteiger partial charge in [-0.3, -0.25) is 0 Å². The summed E-state index contributed by atoms with van der Waals surface area (Å²) in [6.07, 6.45) is 3.49. The number of halogens is 1. The predicted molar refractivity (Wildman–Crippen MR) is 125 cm³/mol. The topological polar surface area (TPSA) is 65.1 Å². The van der Waals surface area contributed by atoms with Crippen LogP contribution in [0.3, 0.4) is 0 Å². The predicted octanol–water partition coefficient (Wildman–Crippen LogP) is 4.95. The Bertz CT molecular complexity index is 993. The quantitative estimate of drug-likeness (QED) is 0.478. The second kappa shape index (κ2) is 11.0. The highest BCUT2D eigenvalue weighted by molar-refractivity contribution is 9.10. The lowest BCUT2D eigenvalue weighted by Crippen LogP contribution is -2.29. The first-order chi connectivity index (χ1) is 15.5. The third-order valence-corrected chi connectivity index (χ3v) is 5.72. The molecule has 168 valence electrons. The first-order valence-corrected chi connectivity index (χ1v) is 11.2. The first-order valence-electron chi connectivity index (χ1n) is 10.4. The highest BCUT2D eigenvalue weighted by atomic mass is 79.9. The number of methoxy groups -OCH3 is 1. The molecule has 0 atom stereocenters. The van der Waals surface area contributed by atoms with Gasteiger partial charge in [0.05, 0.1) is 37.4 Å². The molecule has 0 fully saturated rings. The molecular weight excluding hydrogens is 474 g/mol. The van der Waals surface area contributed by atoms with Gasteiger partial charge in [-0.05, 0) is 43.2 Å². The molecule has 1 aliphatic rings. The van der Waals surface area contributed by atoms with Crippen LogP contribution in [0.4, 0.5) is 0 Å². The summed E-state index contributed by atoms with van der Waals surface area (Å²) in [5, 5.41) is 0. The van der Waals surface area contributed by atoms with Crippen molar-refractivity contribution in [2.75, 3.05) is 20.3 Å². The molecule has 32 heavy (non-hydrogen) atoms. The summed E-state index contributed by atoms with van der Waals surface area (Å²) in [5.74, 6) is -0.798. The van der Waals surface area contributed by atoms with Crippen LogP contribution in [-0.2, 0) is 25.6 Å². The summed E-state index contributed by atoms with van der Waals surface area (Å²) >= 11 is 3.56. The van der Waals surface area contributed by atoms with E-state index < -0.39 is 17.9 Å². The minimum Gasteiger partial charge on any atom is -0.497 e. The van der Waals surface area contributed by atoms with Crippen LogP contribution in [-0.4, -0.2) is 37.2 Å². The fourth-order valence-electron chi connectivity index (χ4n) is 3.56. The molecule has 2 aromatic rings. The van der Waals surface area contributed by atoms with E-state index in [1.165, 1.54) is 0 Å². The molecule has 1 heterocycles. The smallest absolute Gasteiger partial charge is 0.336 e. The van der Waals surface area contributed by atoms with Gasteiger partial charge in [0, 0.05) is 23.4 Å². The van der Waals surface area contributed by atoms with Crippen molar-refractivity contribution in [3.8, 4) is 5.75 Å². The van der Waals surface area contributed by atoms with Crippen molar-refractivity contribution in [2.24, 2.45) is 0 Å². The second-order valence-electron chi connectivity index (χ2n) is 7.08. The number of rotatable bonds is 8. The number of esters is 2. The molecule has 2 aromatic carbocycles. The fraction of sp³-hybridized carbons (Fsp3) is 0.280. The van der Waals surface area contributed by atoms with E-state index in [1.807, 2.05) is 53.4 Å². The Morgan fingerprint density at radius 3 is 1.97 bits per heavy atom. The molecule has 6 nitrogen and oxygen atoms in total. The number of carbonyl (C=O) groups excluding carboxylic acids is 2. The Hall–Kier alpha value is -3.06. The van der Waals surface area contributed by atoms with Crippen LogP contribution in [0, 0.1) is 0 Å². The normalized spacial score (nSPS) is 13.8. The van der Waals surface area contributed by atoms with E-state index in [0.29, 0.717) is 17.7 Å². The summed E-state index contributed by atoms with van der Waals surface area (Å²) in [6.45, 7) is 4.43. The molecule has 0 spiro atoms. The lowest BCUT2D eigenvalue weighted by atomic mass is 9.83. The highest BCUT2D eigenvalue weighted by Gasteiger charge is 2.36. The fourth-order valence-corrected chi connectivity index (χ4v) is 4.07. The zero-order valence-electron chi connectivity index (χ0n) is 18.3. The maximum atomic E-state index is 13.0. The summed E-state index contributed by atoms with van der Waals surface area (Å²) in [6, 6.07) is 15.1. The molecule has 0 unspecified atom stereocenters. The largest absolute Gasteiger partial charge is 0.497 e. The summed E-state index contributed by atoms with van der Waals surface area (Å²) < 4.78 is 16.7. The number of hydrogen-bond acceptors (Lipinski definition) is 6. The Morgan fingerprint density at radius 2 is 1.47 bits per heavy atom. The Kier molecular flexibility index (Phi) is 8.11. The van der Waals surface area contributed by atoms with Gasteiger partial charge in [-0.25, -0.2) is 9.59 Å². The molecule has 3 rings (SSSR count). The minimum absolute atomic E-state index is 0.232. The van der Waals surface area contributed by atoms with E-state index >= 15 is 0 Å². The van der Waals surface area contributed by atoms with Gasteiger partial charge in [-0.1, -0.05) is 46.3 Å². The molecule has 0 saturated carbocycles. The molecule has 1 aliphatic heterocycles. The molecule has 0 N–H and O–H groups in total. The zero-order valence-corrected chi connectivity index (χ0v) is 19.9. The van der Waals surface area contributed by atoms with Gasteiger partial charge in [0.1, 0.15) is 5.75 Å². The zero-order chi connectivity index (χ0) is 23.1. The van der Waals surface area contributed by atoms with Crippen molar-refractivity contribution in [3.63, 3.8) is 0 Å². The van der Waals surface area contributed by atoms with E-state index in [9.17, 15) is 9.59 Å². The van der Waals surface area contributed by atoms with Crippen molar-refractivity contribution >= 4 is 27.9 Å². The van der Waals surface area contributed by atoms with Gasteiger partial charge in [0.25, 0.3) is 0 Å². The monoisotopic (exact) mass is 499 g/mol. The summed E-state index contributed by atoms with van der Waals surface area (Å²) in [4.78, 5) is 27.8. The van der Waals surface area contributed by atoms with Crippen molar-refractivity contribution in [1.82, 2.24) is 4.90 Å². The van der Waals surface area contributed by atoms with Gasteiger partial charge < -0.3 is 19.1 Å². The van der Waals surface area contributed by atoms with Crippen LogP contribution in [0.1, 0.15) is 30.9 Å². The van der Waals surface area contributed by atoms with Gasteiger partial charge in [0.15, 0.2) is 0 Å². The van der Waals surface area contributed by atoms with Crippen LogP contribution >= 0.6 is 15.9 Å².